The zero-order valence-electron chi connectivity index (χ0n) is 12.0. The van der Waals surface area contributed by atoms with Crippen LogP contribution < -0.4 is 5.32 Å². The Hall–Kier alpha value is -1.58. The Labute approximate surface area is 114 Å². The Morgan fingerprint density at radius 1 is 1.42 bits per heavy atom. The van der Waals surface area contributed by atoms with Crippen LogP contribution in [0.25, 0.3) is 5.52 Å². The first-order valence-electron chi connectivity index (χ1n) is 7.26. The fraction of sp³-hybridized carbons (Fsp3) is 0.600. The first-order valence-corrected chi connectivity index (χ1v) is 7.26. The molecular formula is C15H22N4. The number of hydrogen-bond donors (Lipinski definition) is 1. The monoisotopic (exact) mass is 258 g/mol. The lowest BCUT2D eigenvalue weighted by Gasteiger charge is -2.42. The minimum Gasteiger partial charge on any atom is -0.363 e. The van der Waals surface area contributed by atoms with Gasteiger partial charge in [-0.25, -0.2) is 9.50 Å². The van der Waals surface area contributed by atoms with Crippen molar-refractivity contribution in [2.45, 2.75) is 57.9 Å². The summed E-state index contributed by atoms with van der Waals surface area (Å²) < 4.78 is 1.94. The number of aromatic nitrogens is 3. The highest BCUT2D eigenvalue weighted by Gasteiger charge is 2.35. The van der Waals surface area contributed by atoms with Crippen molar-refractivity contribution in [3.63, 3.8) is 0 Å². The van der Waals surface area contributed by atoms with Crippen molar-refractivity contribution in [2.75, 3.05) is 5.32 Å². The molecule has 4 heteroatoms. The van der Waals surface area contributed by atoms with Gasteiger partial charge in [-0.15, -0.1) is 0 Å². The van der Waals surface area contributed by atoms with Gasteiger partial charge in [0.1, 0.15) is 5.52 Å². The molecule has 4 nitrogen and oxygen atoms in total. The smallest absolute Gasteiger partial charge is 0.152 e. The Morgan fingerprint density at radius 3 is 2.79 bits per heavy atom. The van der Waals surface area contributed by atoms with E-state index in [9.17, 15) is 0 Å². The van der Waals surface area contributed by atoms with E-state index in [4.69, 9.17) is 0 Å². The summed E-state index contributed by atoms with van der Waals surface area (Å²) in [6.07, 6.45) is 8.72. The first-order chi connectivity index (χ1) is 9.13. The van der Waals surface area contributed by atoms with Gasteiger partial charge in [0.05, 0.1) is 5.69 Å². The summed E-state index contributed by atoms with van der Waals surface area (Å²) in [5, 5.41) is 8.27. The van der Waals surface area contributed by atoms with Crippen LogP contribution >= 0.6 is 0 Å². The molecule has 102 valence electrons. The minimum atomic E-state index is 0.261. The molecule has 0 unspecified atom stereocenters. The summed E-state index contributed by atoms with van der Waals surface area (Å²) in [7, 11) is 0. The lowest BCUT2D eigenvalue weighted by atomic mass is 9.75. The molecule has 0 amide bonds. The highest BCUT2D eigenvalue weighted by molar-refractivity contribution is 5.69. The third kappa shape index (κ3) is 2.09. The summed E-state index contributed by atoms with van der Waals surface area (Å²) in [5.41, 5.74) is 2.47. The van der Waals surface area contributed by atoms with E-state index in [-0.39, 0.29) is 5.54 Å². The van der Waals surface area contributed by atoms with E-state index in [0.29, 0.717) is 5.92 Å². The van der Waals surface area contributed by atoms with Gasteiger partial charge in [0, 0.05) is 17.9 Å². The van der Waals surface area contributed by atoms with Gasteiger partial charge in [0.2, 0.25) is 0 Å². The van der Waals surface area contributed by atoms with Crippen LogP contribution in [0, 0.1) is 0 Å². The van der Waals surface area contributed by atoms with E-state index >= 15 is 0 Å². The maximum Gasteiger partial charge on any atom is 0.152 e. The molecule has 0 atom stereocenters. The van der Waals surface area contributed by atoms with Crippen LogP contribution in [0.1, 0.15) is 58.1 Å². The molecular weight excluding hydrogens is 236 g/mol. The average Bonchev–Trinajstić information content (AvgIpc) is 2.78. The first kappa shape index (κ1) is 12.5. The minimum absolute atomic E-state index is 0.261. The van der Waals surface area contributed by atoms with Crippen LogP contribution in [0.2, 0.25) is 0 Å². The summed E-state index contributed by atoms with van der Waals surface area (Å²) in [5.74, 6) is 1.42. The lowest BCUT2D eigenvalue weighted by Crippen LogP contribution is -2.44. The molecule has 1 N–H and O–H groups in total. The fourth-order valence-electron chi connectivity index (χ4n) is 2.74. The Balaban J connectivity index is 1.98. The molecule has 0 aliphatic heterocycles. The predicted octanol–water partition coefficient (Wildman–Crippen LogP) is 3.60. The SMILES string of the molecule is CCC1(Nc2nccn3nc(C(C)C)cc23)CCC1. The second-order valence-corrected chi connectivity index (χ2v) is 5.94. The maximum atomic E-state index is 4.61. The third-order valence-electron chi connectivity index (χ3n) is 4.37. The van der Waals surface area contributed by atoms with E-state index in [1.807, 2.05) is 16.9 Å². The highest BCUT2D eigenvalue weighted by Crippen LogP contribution is 2.38. The number of hydrogen-bond acceptors (Lipinski definition) is 3. The normalized spacial score (nSPS) is 17.7. The van der Waals surface area contributed by atoms with Crippen LogP contribution in [0.15, 0.2) is 18.5 Å². The van der Waals surface area contributed by atoms with Gasteiger partial charge in [-0.2, -0.15) is 5.10 Å². The van der Waals surface area contributed by atoms with E-state index in [1.54, 1.807) is 0 Å². The summed E-state index contributed by atoms with van der Waals surface area (Å²) in [4.78, 5) is 4.52. The molecule has 0 radical (unpaired) electrons. The molecule has 0 spiro atoms. The van der Waals surface area contributed by atoms with Crippen molar-refractivity contribution >= 4 is 11.3 Å². The van der Waals surface area contributed by atoms with Gasteiger partial charge < -0.3 is 5.32 Å². The van der Waals surface area contributed by atoms with E-state index in [2.05, 4.69) is 42.2 Å². The van der Waals surface area contributed by atoms with Gasteiger partial charge in [0.25, 0.3) is 0 Å². The number of fused-ring (bicyclic) bond motifs is 1. The topological polar surface area (TPSA) is 42.2 Å². The van der Waals surface area contributed by atoms with Gasteiger partial charge in [-0.1, -0.05) is 20.8 Å². The molecule has 2 aromatic heterocycles. The molecule has 2 heterocycles. The molecule has 1 fully saturated rings. The fourth-order valence-corrected chi connectivity index (χ4v) is 2.74. The summed E-state index contributed by atoms with van der Waals surface area (Å²) in [6, 6.07) is 2.15. The molecule has 0 bridgehead atoms. The van der Waals surface area contributed by atoms with Crippen molar-refractivity contribution in [3.8, 4) is 0 Å². The van der Waals surface area contributed by atoms with Gasteiger partial charge >= 0.3 is 0 Å². The highest BCUT2D eigenvalue weighted by atomic mass is 15.2. The van der Waals surface area contributed by atoms with Crippen LogP contribution in [-0.2, 0) is 0 Å². The van der Waals surface area contributed by atoms with Crippen LogP contribution in [0.5, 0.6) is 0 Å². The molecule has 1 aliphatic carbocycles. The number of anilines is 1. The Morgan fingerprint density at radius 2 is 2.21 bits per heavy atom. The molecule has 1 saturated carbocycles. The largest absolute Gasteiger partial charge is 0.363 e. The molecule has 19 heavy (non-hydrogen) atoms. The molecule has 2 aromatic rings. The molecule has 3 rings (SSSR count). The van der Waals surface area contributed by atoms with Gasteiger partial charge in [0.15, 0.2) is 5.82 Å². The molecule has 1 aliphatic rings. The Bertz CT molecular complexity index is 575. The van der Waals surface area contributed by atoms with Crippen molar-refractivity contribution in [1.29, 1.82) is 0 Å². The van der Waals surface area contributed by atoms with Crippen molar-refractivity contribution in [3.05, 3.63) is 24.2 Å². The van der Waals surface area contributed by atoms with Gasteiger partial charge in [-0.3, -0.25) is 0 Å². The number of nitrogens with one attached hydrogen (secondary N) is 1. The van der Waals surface area contributed by atoms with Crippen molar-refractivity contribution in [2.24, 2.45) is 0 Å². The third-order valence-corrected chi connectivity index (χ3v) is 4.37. The van der Waals surface area contributed by atoms with Crippen LogP contribution in [0.3, 0.4) is 0 Å². The summed E-state index contributed by atoms with van der Waals surface area (Å²) in [6.45, 7) is 6.59. The maximum absolute atomic E-state index is 4.61. The zero-order valence-corrected chi connectivity index (χ0v) is 12.0. The Kier molecular flexibility index (Phi) is 2.96. The van der Waals surface area contributed by atoms with Crippen molar-refractivity contribution < 1.29 is 0 Å². The quantitative estimate of drug-likeness (QED) is 0.911. The zero-order chi connectivity index (χ0) is 13.5. The molecule has 0 aromatic carbocycles. The van der Waals surface area contributed by atoms with E-state index < -0.39 is 0 Å². The van der Waals surface area contributed by atoms with Crippen molar-refractivity contribution in [1.82, 2.24) is 14.6 Å². The average molecular weight is 258 g/mol. The second kappa shape index (κ2) is 4.51. The number of rotatable bonds is 4. The van der Waals surface area contributed by atoms with Crippen LogP contribution in [0.4, 0.5) is 5.82 Å². The van der Waals surface area contributed by atoms with Gasteiger partial charge in [-0.05, 0) is 37.7 Å². The van der Waals surface area contributed by atoms with E-state index in [1.165, 1.54) is 19.3 Å². The standard InChI is InChI=1S/C15H22N4/c1-4-15(6-5-7-15)17-14-13-10-12(11(2)3)18-19(13)9-8-16-14/h8-11H,4-7H2,1-3H3,(H,16,17). The van der Waals surface area contributed by atoms with Crippen LogP contribution in [-0.4, -0.2) is 20.1 Å². The number of nitrogens with zero attached hydrogens (tertiary/aromatic N) is 3. The lowest BCUT2D eigenvalue weighted by molar-refractivity contribution is 0.269. The van der Waals surface area contributed by atoms with E-state index in [0.717, 1.165) is 23.4 Å². The predicted molar refractivity (Wildman–Crippen MR) is 77.6 cm³/mol. The second-order valence-electron chi connectivity index (χ2n) is 5.94. The molecule has 0 saturated heterocycles. The summed E-state index contributed by atoms with van der Waals surface area (Å²) >= 11 is 0.